The molecule has 0 bridgehead atoms. The molecule has 0 unspecified atom stereocenters. The van der Waals surface area contributed by atoms with Crippen molar-refractivity contribution < 1.29 is 23.9 Å². The molecular formula is C28H25Cl2NO5. The van der Waals surface area contributed by atoms with Crippen LogP contribution in [-0.4, -0.2) is 16.2 Å². The number of ether oxygens (including phenoxy) is 2. The molecule has 6 nitrogen and oxygen atoms in total. The number of carboxylic acid groups (broad SMARTS) is 1. The third-order valence-corrected chi connectivity index (χ3v) is 6.33. The standard InChI is InChI=1S/C28H25Cl2NO5/c1-16(2)27-21(26(31-36-27)25-22(29)9-6-10-23(25)30)15-34-19-11-12-24(17(3)13-19)35-14-18-7-4-5-8-20(18)28(32)33/h4-13,16H,14-15H2,1-3H3,(H,32,33). The fraction of sp³-hybridized carbons (Fsp3) is 0.214. The molecule has 186 valence electrons. The van der Waals surface area contributed by atoms with Crippen molar-refractivity contribution in [3.63, 3.8) is 0 Å². The molecule has 0 aliphatic rings. The highest BCUT2D eigenvalue weighted by Gasteiger charge is 2.24. The molecule has 0 aliphatic carbocycles. The summed E-state index contributed by atoms with van der Waals surface area (Å²) in [5.74, 6) is 1.07. The van der Waals surface area contributed by atoms with Crippen molar-refractivity contribution in [2.45, 2.75) is 39.9 Å². The number of carboxylic acids is 1. The zero-order valence-corrected chi connectivity index (χ0v) is 21.6. The second kappa shape index (κ2) is 11.1. The number of nitrogens with zero attached hydrogens (tertiary/aromatic N) is 1. The highest BCUT2D eigenvalue weighted by atomic mass is 35.5. The van der Waals surface area contributed by atoms with Gasteiger partial charge in [-0.15, -0.1) is 0 Å². The Morgan fingerprint density at radius 1 is 1.00 bits per heavy atom. The second-order valence-electron chi connectivity index (χ2n) is 8.59. The van der Waals surface area contributed by atoms with Gasteiger partial charge < -0.3 is 19.1 Å². The van der Waals surface area contributed by atoms with Crippen LogP contribution in [0.15, 0.2) is 65.2 Å². The summed E-state index contributed by atoms with van der Waals surface area (Å²) in [6, 6.07) is 17.5. The SMILES string of the molecule is Cc1cc(OCc2c(-c3c(Cl)cccc3Cl)noc2C(C)C)ccc1OCc1ccccc1C(=O)O. The first-order valence-corrected chi connectivity index (χ1v) is 12.1. The summed E-state index contributed by atoms with van der Waals surface area (Å²) in [7, 11) is 0. The number of rotatable bonds is 9. The average Bonchev–Trinajstić information content (AvgIpc) is 3.26. The molecule has 0 saturated carbocycles. The van der Waals surface area contributed by atoms with Crippen LogP contribution in [0.5, 0.6) is 11.5 Å². The minimum absolute atomic E-state index is 0.0808. The van der Waals surface area contributed by atoms with Gasteiger partial charge in [0, 0.05) is 17.0 Å². The molecule has 8 heteroatoms. The summed E-state index contributed by atoms with van der Waals surface area (Å²) in [5, 5.41) is 14.6. The fourth-order valence-corrected chi connectivity index (χ4v) is 4.45. The van der Waals surface area contributed by atoms with Gasteiger partial charge in [0.05, 0.1) is 21.2 Å². The van der Waals surface area contributed by atoms with E-state index in [-0.39, 0.29) is 24.7 Å². The van der Waals surface area contributed by atoms with Gasteiger partial charge in [0.25, 0.3) is 0 Å². The maximum Gasteiger partial charge on any atom is 0.336 e. The van der Waals surface area contributed by atoms with Crippen LogP contribution in [0.3, 0.4) is 0 Å². The number of aromatic carboxylic acids is 1. The molecule has 0 saturated heterocycles. The van der Waals surface area contributed by atoms with Gasteiger partial charge in [0.1, 0.15) is 36.2 Å². The van der Waals surface area contributed by atoms with Crippen molar-refractivity contribution in [3.05, 3.63) is 98.7 Å². The van der Waals surface area contributed by atoms with Crippen LogP contribution < -0.4 is 9.47 Å². The van der Waals surface area contributed by atoms with Crippen molar-refractivity contribution in [1.82, 2.24) is 5.16 Å². The fourth-order valence-electron chi connectivity index (χ4n) is 3.88. The first-order chi connectivity index (χ1) is 17.3. The molecule has 1 aromatic heterocycles. The van der Waals surface area contributed by atoms with Gasteiger partial charge in [-0.1, -0.05) is 66.5 Å². The molecule has 1 N–H and O–H groups in total. The Balaban J connectivity index is 1.52. The summed E-state index contributed by atoms with van der Waals surface area (Å²) in [4.78, 5) is 11.4. The maximum absolute atomic E-state index is 11.4. The molecule has 0 amide bonds. The lowest BCUT2D eigenvalue weighted by molar-refractivity contribution is 0.0694. The second-order valence-corrected chi connectivity index (χ2v) is 9.41. The Kier molecular flexibility index (Phi) is 7.87. The van der Waals surface area contributed by atoms with E-state index in [0.717, 1.165) is 11.1 Å². The van der Waals surface area contributed by atoms with Crippen molar-refractivity contribution in [3.8, 4) is 22.8 Å². The van der Waals surface area contributed by atoms with Crippen molar-refractivity contribution in [1.29, 1.82) is 0 Å². The van der Waals surface area contributed by atoms with Crippen LogP contribution in [0.25, 0.3) is 11.3 Å². The molecule has 0 radical (unpaired) electrons. The van der Waals surface area contributed by atoms with Gasteiger partial charge in [-0.2, -0.15) is 0 Å². The van der Waals surface area contributed by atoms with Crippen LogP contribution in [0.4, 0.5) is 0 Å². The van der Waals surface area contributed by atoms with Gasteiger partial charge in [-0.05, 0) is 48.9 Å². The summed E-state index contributed by atoms with van der Waals surface area (Å²) in [6.45, 7) is 6.28. The highest BCUT2D eigenvalue weighted by molar-refractivity contribution is 6.39. The number of hydrogen-bond acceptors (Lipinski definition) is 5. The molecular weight excluding hydrogens is 501 g/mol. The van der Waals surface area contributed by atoms with E-state index in [1.807, 2.05) is 26.8 Å². The zero-order chi connectivity index (χ0) is 25.8. The number of aryl methyl sites for hydroxylation is 1. The quantitative estimate of drug-likeness (QED) is 0.239. The number of benzene rings is 3. The molecule has 0 atom stereocenters. The lowest BCUT2D eigenvalue weighted by Gasteiger charge is -2.14. The molecule has 36 heavy (non-hydrogen) atoms. The summed E-state index contributed by atoms with van der Waals surface area (Å²) >= 11 is 12.9. The van der Waals surface area contributed by atoms with E-state index >= 15 is 0 Å². The van der Waals surface area contributed by atoms with E-state index in [9.17, 15) is 9.90 Å². The molecule has 0 aliphatic heterocycles. The first kappa shape index (κ1) is 25.6. The highest BCUT2D eigenvalue weighted by Crippen LogP contribution is 2.39. The van der Waals surface area contributed by atoms with Crippen molar-refractivity contribution >= 4 is 29.2 Å². The average molecular weight is 526 g/mol. The van der Waals surface area contributed by atoms with Crippen LogP contribution in [-0.2, 0) is 13.2 Å². The van der Waals surface area contributed by atoms with E-state index in [2.05, 4.69) is 5.16 Å². The van der Waals surface area contributed by atoms with Gasteiger partial charge >= 0.3 is 5.97 Å². The molecule has 4 aromatic rings. The molecule has 1 heterocycles. The van der Waals surface area contributed by atoms with E-state index in [1.54, 1.807) is 54.6 Å². The third-order valence-electron chi connectivity index (χ3n) is 5.70. The lowest BCUT2D eigenvalue weighted by atomic mass is 10.0. The molecule has 0 fully saturated rings. The molecule has 3 aromatic carbocycles. The van der Waals surface area contributed by atoms with Crippen LogP contribution >= 0.6 is 23.2 Å². The Morgan fingerprint density at radius 3 is 2.39 bits per heavy atom. The van der Waals surface area contributed by atoms with Crippen molar-refractivity contribution in [2.24, 2.45) is 0 Å². The Morgan fingerprint density at radius 2 is 1.72 bits per heavy atom. The normalized spacial score (nSPS) is 11.1. The van der Waals surface area contributed by atoms with Crippen LogP contribution in [0, 0.1) is 6.92 Å². The number of carbonyl (C=O) groups is 1. The van der Waals surface area contributed by atoms with Gasteiger partial charge in [0.2, 0.25) is 0 Å². The predicted molar refractivity (Wildman–Crippen MR) is 139 cm³/mol. The maximum atomic E-state index is 11.4. The lowest BCUT2D eigenvalue weighted by Crippen LogP contribution is -2.06. The van der Waals surface area contributed by atoms with E-state index in [1.165, 1.54) is 0 Å². The Bertz CT molecular complexity index is 1380. The predicted octanol–water partition coefficient (Wildman–Crippen LogP) is 7.94. The zero-order valence-electron chi connectivity index (χ0n) is 20.0. The minimum atomic E-state index is -0.985. The largest absolute Gasteiger partial charge is 0.489 e. The van der Waals surface area contributed by atoms with Crippen LogP contribution in [0.2, 0.25) is 10.0 Å². The van der Waals surface area contributed by atoms with E-state index < -0.39 is 5.97 Å². The number of aromatic nitrogens is 1. The van der Waals surface area contributed by atoms with Crippen molar-refractivity contribution in [2.75, 3.05) is 0 Å². The molecule has 0 spiro atoms. The minimum Gasteiger partial charge on any atom is -0.489 e. The third kappa shape index (κ3) is 5.50. The summed E-state index contributed by atoms with van der Waals surface area (Å²) in [5.41, 5.74) is 3.62. The first-order valence-electron chi connectivity index (χ1n) is 11.4. The topological polar surface area (TPSA) is 81.8 Å². The Hall–Kier alpha value is -3.48. The summed E-state index contributed by atoms with van der Waals surface area (Å²) in [6.07, 6.45) is 0. The van der Waals surface area contributed by atoms with E-state index in [0.29, 0.717) is 44.1 Å². The number of hydrogen-bond donors (Lipinski definition) is 1. The van der Waals surface area contributed by atoms with Gasteiger partial charge in [0.15, 0.2) is 0 Å². The number of halogens is 2. The monoisotopic (exact) mass is 525 g/mol. The van der Waals surface area contributed by atoms with Gasteiger partial charge in [-0.3, -0.25) is 0 Å². The smallest absolute Gasteiger partial charge is 0.336 e. The Labute approximate surface area is 219 Å². The van der Waals surface area contributed by atoms with E-state index in [4.69, 9.17) is 37.2 Å². The molecule has 4 rings (SSSR count). The summed E-state index contributed by atoms with van der Waals surface area (Å²) < 4.78 is 17.7. The van der Waals surface area contributed by atoms with Crippen LogP contribution in [0.1, 0.15) is 52.6 Å². The van der Waals surface area contributed by atoms with Gasteiger partial charge in [-0.25, -0.2) is 4.79 Å².